The van der Waals surface area contributed by atoms with Gasteiger partial charge in [-0.2, -0.15) is 0 Å². The number of nitrogens with one attached hydrogen (secondary N) is 4. The molecule has 55 heavy (non-hydrogen) atoms. The van der Waals surface area contributed by atoms with Crippen molar-refractivity contribution in [2.24, 2.45) is 22.7 Å². The van der Waals surface area contributed by atoms with Crippen molar-refractivity contribution in [2.75, 3.05) is 39.3 Å². The lowest BCUT2D eigenvalue weighted by Crippen LogP contribution is -2.55. The molecule has 0 spiro atoms. The smallest absolute Gasteiger partial charge is 0.226 e. The van der Waals surface area contributed by atoms with E-state index in [2.05, 4.69) is 61.1 Å². The fourth-order valence-electron chi connectivity index (χ4n) is 12.0. The lowest BCUT2D eigenvalue weighted by Gasteiger charge is -2.54. The van der Waals surface area contributed by atoms with Gasteiger partial charge < -0.3 is 31.5 Å². The van der Waals surface area contributed by atoms with Crippen molar-refractivity contribution in [1.29, 1.82) is 0 Å². The molecular weight excluding hydrogens is 685 g/mol. The summed E-state index contributed by atoms with van der Waals surface area (Å²) in [5, 5.41) is 34.2. The van der Waals surface area contributed by atoms with E-state index in [1.165, 1.54) is 54.4 Å². The topological polar surface area (TPSA) is 123 Å². The van der Waals surface area contributed by atoms with E-state index in [1.54, 1.807) is 12.1 Å². The summed E-state index contributed by atoms with van der Waals surface area (Å²) in [6.45, 7) is 14.3. The molecule has 4 aliphatic rings. The van der Waals surface area contributed by atoms with Crippen LogP contribution in [0.15, 0.2) is 36.4 Å². The number of amides is 2. The number of fused-ring (bicyclic) bond motifs is 6. The Morgan fingerprint density at radius 2 is 0.964 bits per heavy atom. The van der Waals surface area contributed by atoms with Crippen LogP contribution in [0.2, 0.25) is 0 Å². The van der Waals surface area contributed by atoms with Crippen LogP contribution in [0, 0.1) is 22.7 Å². The molecule has 2 fully saturated rings. The Balaban J connectivity index is 0.765. The molecule has 0 aromatic heterocycles. The number of phenols is 2. The van der Waals surface area contributed by atoms with Gasteiger partial charge in [0.1, 0.15) is 11.5 Å². The zero-order valence-electron chi connectivity index (χ0n) is 34.6. The predicted octanol–water partition coefficient (Wildman–Crippen LogP) is 7.96. The number of hydrogen-bond acceptors (Lipinski definition) is 6. The third-order valence-electron chi connectivity index (χ3n) is 15.1. The van der Waals surface area contributed by atoms with Crippen LogP contribution in [0.25, 0.3) is 0 Å². The van der Waals surface area contributed by atoms with Gasteiger partial charge in [-0.1, -0.05) is 71.9 Å². The largest absolute Gasteiger partial charge is 0.508 e. The third-order valence-corrected chi connectivity index (χ3v) is 15.1. The summed E-state index contributed by atoms with van der Waals surface area (Å²) in [5.74, 6) is 1.66. The highest BCUT2D eigenvalue weighted by molar-refractivity contribution is 5.83. The van der Waals surface area contributed by atoms with Crippen LogP contribution >= 0.6 is 0 Å². The van der Waals surface area contributed by atoms with E-state index in [1.807, 2.05) is 12.1 Å². The molecule has 0 saturated heterocycles. The molecule has 304 valence electrons. The highest BCUT2D eigenvalue weighted by Crippen LogP contribution is 2.59. The molecule has 0 bridgehead atoms. The Labute approximate surface area is 331 Å². The molecule has 0 radical (unpaired) electrons. The summed E-state index contributed by atoms with van der Waals surface area (Å²) >= 11 is 0. The first-order valence-corrected chi connectivity index (χ1v) is 22.0. The molecule has 4 aliphatic carbocycles. The molecule has 2 saturated carbocycles. The number of phenolic OH excluding ortho intramolecular Hbond substituents is 2. The first-order valence-electron chi connectivity index (χ1n) is 22.0. The minimum Gasteiger partial charge on any atom is -0.508 e. The van der Waals surface area contributed by atoms with Gasteiger partial charge in [-0.3, -0.25) is 9.59 Å². The van der Waals surface area contributed by atoms with Crippen LogP contribution in [-0.2, 0) is 33.3 Å². The number of rotatable bonds is 18. The average molecular weight is 757 g/mol. The summed E-state index contributed by atoms with van der Waals surface area (Å²) in [4.78, 5) is 27.2. The molecule has 0 heterocycles. The summed E-state index contributed by atoms with van der Waals surface area (Å²) in [6.07, 6.45) is 18.1. The van der Waals surface area contributed by atoms with Crippen LogP contribution in [-0.4, -0.2) is 61.3 Å². The van der Waals surface area contributed by atoms with Crippen molar-refractivity contribution < 1.29 is 19.8 Å². The van der Waals surface area contributed by atoms with Crippen molar-refractivity contribution in [3.8, 4) is 11.5 Å². The highest BCUT2D eigenvalue weighted by Gasteiger charge is 2.56. The molecule has 6 N–H and O–H groups in total. The van der Waals surface area contributed by atoms with Crippen molar-refractivity contribution in [2.45, 2.75) is 148 Å². The van der Waals surface area contributed by atoms with E-state index in [0.29, 0.717) is 36.4 Å². The second-order valence-corrected chi connectivity index (χ2v) is 18.7. The molecule has 2 aromatic rings. The quantitative estimate of drug-likeness (QED) is 0.0859. The number of aromatic hydroxyl groups is 2. The van der Waals surface area contributed by atoms with Gasteiger partial charge in [0.25, 0.3) is 0 Å². The lowest BCUT2D eigenvalue weighted by molar-refractivity contribution is -0.139. The molecule has 6 rings (SSSR count). The van der Waals surface area contributed by atoms with Crippen LogP contribution in [0.1, 0.15) is 146 Å². The average Bonchev–Trinajstić information content (AvgIpc) is 3.16. The Hall–Kier alpha value is -3.10. The van der Waals surface area contributed by atoms with Crippen molar-refractivity contribution in [3.63, 3.8) is 0 Å². The number of carbonyl (C=O) groups excluding carboxylic acids is 2. The Bertz CT molecular complexity index is 1510. The van der Waals surface area contributed by atoms with Gasteiger partial charge in [0.05, 0.1) is 10.8 Å². The van der Waals surface area contributed by atoms with Crippen molar-refractivity contribution in [3.05, 3.63) is 58.7 Å². The van der Waals surface area contributed by atoms with Gasteiger partial charge in [-0.05, 0) is 172 Å². The van der Waals surface area contributed by atoms with E-state index in [4.69, 9.17) is 0 Å². The summed E-state index contributed by atoms with van der Waals surface area (Å²) in [6, 6.07) is 11.7. The maximum atomic E-state index is 13.6. The van der Waals surface area contributed by atoms with Crippen LogP contribution in [0.5, 0.6) is 11.5 Å². The second-order valence-electron chi connectivity index (χ2n) is 18.7. The fourth-order valence-corrected chi connectivity index (χ4v) is 12.0. The van der Waals surface area contributed by atoms with E-state index in [-0.39, 0.29) is 33.5 Å². The predicted molar refractivity (Wildman–Crippen MR) is 223 cm³/mol. The Morgan fingerprint density at radius 1 is 0.564 bits per heavy atom. The van der Waals surface area contributed by atoms with Crippen LogP contribution in [0.3, 0.4) is 0 Å². The minimum atomic E-state index is -0.371. The zero-order valence-corrected chi connectivity index (χ0v) is 34.6. The summed E-state index contributed by atoms with van der Waals surface area (Å²) < 4.78 is 0. The summed E-state index contributed by atoms with van der Waals surface area (Å²) in [5.41, 5.74) is 4.31. The SMILES string of the molecule is C[C@]1(C(=O)NCCCNCCCCCCCNCCCNC(=O)[C@@]2(C)CCC[C@]3(C)c4cc(O)ccc4CC[C@@H]23)CCC[C@]2(C)c3cc(O)ccc3CC[C@@H]12. The third kappa shape index (κ3) is 8.91. The van der Waals surface area contributed by atoms with Gasteiger partial charge in [0.15, 0.2) is 0 Å². The summed E-state index contributed by atoms with van der Waals surface area (Å²) in [7, 11) is 0. The molecule has 0 unspecified atom stereocenters. The van der Waals surface area contributed by atoms with Gasteiger partial charge in [-0.15, -0.1) is 0 Å². The number of aryl methyl sites for hydroxylation is 2. The standard InChI is InChI=1S/C47H72N4O4/c1-44-22-10-24-46(3,40(44)20-16-34-14-18-36(52)32-38(34)44)42(54)50-30-12-28-48-26-8-6-5-7-9-27-49-29-13-31-51-43(55)47(4)25-11-23-45(2)39-33-37(53)19-15-35(39)17-21-41(45)47/h14-15,18-19,32-33,40-41,48-49,52-53H,5-13,16-17,20-31H2,1-4H3,(H,50,54)(H,51,55)/t40-,41-,44-,45-,46+,47+/m1/s1. The molecule has 2 aromatic carbocycles. The van der Waals surface area contributed by atoms with E-state index in [0.717, 1.165) is 103 Å². The molecule has 8 nitrogen and oxygen atoms in total. The Morgan fingerprint density at radius 3 is 1.40 bits per heavy atom. The van der Waals surface area contributed by atoms with Crippen LogP contribution in [0.4, 0.5) is 0 Å². The number of benzene rings is 2. The van der Waals surface area contributed by atoms with Gasteiger partial charge >= 0.3 is 0 Å². The fraction of sp³-hybridized carbons (Fsp3) is 0.702. The molecule has 2 amide bonds. The maximum absolute atomic E-state index is 13.6. The Kier molecular flexibility index (Phi) is 13.6. The zero-order chi connectivity index (χ0) is 39.1. The van der Waals surface area contributed by atoms with E-state index >= 15 is 0 Å². The molecule has 6 atom stereocenters. The number of carbonyl (C=O) groups is 2. The first-order chi connectivity index (χ1) is 26.4. The van der Waals surface area contributed by atoms with Gasteiger partial charge in [0, 0.05) is 13.1 Å². The minimum absolute atomic E-state index is 0.0656. The molecule has 8 heteroatoms. The van der Waals surface area contributed by atoms with Crippen molar-refractivity contribution in [1.82, 2.24) is 21.3 Å². The second kappa shape index (κ2) is 18.0. The molecule has 0 aliphatic heterocycles. The molecular formula is C47H72N4O4. The monoisotopic (exact) mass is 757 g/mol. The highest BCUT2D eigenvalue weighted by atomic mass is 16.3. The van der Waals surface area contributed by atoms with Crippen LogP contribution < -0.4 is 21.3 Å². The number of unbranched alkanes of at least 4 members (excludes halogenated alkanes) is 4. The normalized spacial score (nSPS) is 29.7. The maximum Gasteiger partial charge on any atom is 0.226 e. The first kappa shape index (κ1) is 41.5. The lowest BCUT2D eigenvalue weighted by atomic mass is 9.49. The van der Waals surface area contributed by atoms with Crippen molar-refractivity contribution >= 4 is 11.8 Å². The van der Waals surface area contributed by atoms with Gasteiger partial charge in [0.2, 0.25) is 11.8 Å². The number of hydrogen-bond donors (Lipinski definition) is 6. The van der Waals surface area contributed by atoms with Gasteiger partial charge in [-0.25, -0.2) is 0 Å². The van der Waals surface area contributed by atoms with E-state index in [9.17, 15) is 19.8 Å². The van der Waals surface area contributed by atoms with E-state index < -0.39 is 0 Å².